The molecule has 0 bridgehead atoms. The van der Waals surface area contributed by atoms with Gasteiger partial charge in [-0.15, -0.1) is 0 Å². The third-order valence-corrected chi connectivity index (χ3v) is 4.20. The highest BCUT2D eigenvalue weighted by molar-refractivity contribution is 5.94. The van der Waals surface area contributed by atoms with Crippen LogP contribution in [0.25, 0.3) is 0 Å². The summed E-state index contributed by atoms with van der Waals surface area (Å²) in [6.07, 6.45) is 0. The molecule has 0 saturated heterocycles. The van der Waals surface area contributed by atoms with Crippen molar-refractivity contribution in [3.63, 3.8) is 0 Å². The Labute approximate surface area is 146 Å². The van der Waals surface area contributed by atoms with Crippen molar-refractivity contribution < 1.29 is 18.7 Å². The van der Waals surface area contributed by atoms with Gasteiger partial charge in [0, 0.05) is 18.3 Å². The average molecular weight is 344 g/mol. The number of carbonyl (C=O) groups excluding carboxylic acids is 1. The summed E-state index contributed by atoms with van der Waals surface area (Å²) < 4.78 is 24.0. The maximum absolute atomic E-state index is 13.0. The van der Waals surface area contributed by atoms with E-state index in [4.69, 9.17) is 9.47 Å². The number of benzene rings is 2. The van der Waals surface area contributed by atoms with Crippen molar-refractivity contribution in [2.45, 2.75) is 19.5 Å². The molecule has 0 spiro atoms. The van der Waals surface area contributed by atoms with E-state index in [1.165, 1.54) is 12.1 Å². The third kappa shape index (κ3) is 4.28. The van der Waals surface area contributed by atoms with Gasteiger partial charge in [0.15, 0.2) is 11.5 Å². The van der Waals surface area contributed by atoms with E-state index in [0.717, 1.165) is 5.56 Å². The summed E-state index contributed by atoms with van der Waals surface area (Å²) in [7, 11) is 1.86. The van der Waals surface area contributed by atoms with Crippen LogP contribution in [0.3, 0.4) is 0 Å². The van der Waals surface area contributed by atoms with Crippen molar-refractivity contribution in [2.24, 2.45) is 0 Å². The maximum Gasteiger partial charge on any atom is 0.241 e. The number of amides is 1. The van der Waals surface area contributed by atoms with Gasteiger partial charge < -0.3 is 14.8 Å². The molecule has 1 heterocycles. The highest BCUT2D eigenvalue weighted by atomic mass is 19.1. The molecule has 1 unspecified atom stereocenters. The summed E-state index contributed by atoms with van der Waals surface area (Å²) in [5.41, 5.74) is 1.61. The van der Waals surface area contributed by atoms with Crippen molar-refractivity contribution in [1.29, 1.82) is 0 Å². The van der Waals surface area contributed by atoms with Crippen LogP contribution in [-0.4, -0.2) is 37.1 Å². The van der Waals surface area contributed by atoms with Crippen molar-refractivity contribution >= 4 is 11.6 Å². The summed E-state index contributed by atoms with van der Waals surface area (Å²) >= 11 is 0. The van der Waals surface area contributed by atoms with Crippen LogP contribution in [0.2, 0.25) is 0 Å². The molecular weight excluding hydrogens is 323 g/mol. The minimum Gasteiger partial charge on any atom is -0.486 e. The highest BCUT2D eigenvalue weighted by Gasteiger charge is 2.19. The summed E-state index contributed by atoms with van der Waals surface area (Å²) in [6.45, 7) is 3.41. The summed E-state index contributed by atoms with van der Waals surface area (Å²) in [4.78, 5) is 14.4. The molecule has 3 rings (SSSR count). The quantitative estimate of drug-likeness (QED) is 0.906. The Balaban J connectivity index is 1.60. The molecule has 1 aliphatic heterocycles. The molecule has 0 aliphatic carbocycles. The molecule has 1 N–H and O–H groups in total. The molecule has 0 aromatic heterocycles. The Kier molecular flexibility index (Phi) is 5.19. The predicted molar refractivity (Wildman–Crippen MR) is 93.4 cm³/mol. The number of likely N-dealkylation sites (N-methyl/N-ethyl adjacent to an activating group) is 1. The molecule has 0 radical (unpaired) electrons. The van der Waals surface area contributed by atoms with Crippen molar-refractivity contribution in [3.8, 4) is 11.5 Å². The van der Waals surface area contributed by atoms with Crippen molar-refractivity contribution in [3.05, 3.63) is 53.8 Å². The van der Waals surface area contributed by atoms with Gasteiger partial charge in [0.1, 0.15) is 19.0 Å². The molecule has 25 heavy (non-hydrogen) atoms. The predicted octanol–water partition coefficient (Wildman–Crippen LogP) is 3.06. The molecule has 132 valence electrons. The van der Waals surface area contributed by atoms with E-state index in [9.17, 15) is 9.18 Å². The molecule has 1 amide bonds. The second-order valence-corrected chi connectivity index (χ2v) is 6.07. The van der Waals surface area contributed by atoms with Gasteiger partial charge in [-0.2, -0.15) is 0 Å². The number of rotatable bonds is 5. The number of nitrogens with zero attached hydrogens (tertiary/aromatic N) is 1. The van der Waals surface area contributed by atoms with E-state index >= 15 is 0 Å². The molecule has 2 aromatic rings. The topological polar surface area (TPSA) is 50.8 Å². The molecule has 0 saturated carbocycles. The molecule has 0 fully saturated rings. The molecule has 6 heteroatoms. The van der Waals surface area contributed by atoms with Gasteiger partial charge in [0.25, 0.3) is 0 Å². The van der Waals surface area contributed by atoms with Crippen LogP contribution in [0.4, 0.5) is 10.1 Å². The zero-order valence-electron chi connectivity index (χ0n) is 14.3. The van der Waals surface area contributed by atoms with E-state index in [1.807, 2.05) is 18.9 Å². The second kappa shape index (κ2) is 7.53. The summed E-state index contributed by atoms with van der Waals surface area (Å²) in [5, 5.41) is 2.89. The van der Waals surface area contributed by atoms with Crippen LogP contribution in [0.15, 0.2) is 42.5 Å². The lowest BCUT2D eigenvalue weighted by atomic mass is 10.2. The molecular formula is C19H21FN2O3. The van der Waals surface area contributed by atoms with Gasteiger partial charge in [-0.3, -0.25) is 9.69 Å². The lowest BCUT2D eigenvalue weighted by Gasteiger charge is -2.24. The van der Waals surface area contributed by atoms with Gasteiger partial charge in [-0.1, -0.05) is 12.1 Å². The normalized spacial score (nSPS) is 14.2. The Hall–Kier alpha value is -2.60. The lowest BCUT2D eigenvalue weighted by molar-refractivity contribution is -0.120. The fourth-order valence-corrected chi connectivity index (χ4v) is 2.58. The number of hydrogen-bond acceptors (Lipinski definition) is 4. The molecule has 5 nitrogen and oxygen atoms in total. The minimum atomic E-state index is -0.349. The van der Waals surface area contributed by atoms with Gasteiger partial charge >= 0.3 is 0 Å². The first kappa shape index (κ1) is 17.2. The second-order valence-electron chi connectivity index (χ2n) is 6.07. The van der Waals surface area contributed by atoms with Crippen LogP contribution >= 0.6 is 0 Å². The minimum absolute atomic E-state index is 0.124. The van der Waals surface area contributed by atoms with Gasteiger partial charge in [0.05, 0.1) is 6.04 Å². The Morgan fingerprint density at radius 1 is 1.16 bits per heavy atom. The standard InChI is InChI=1S/C19H21FN2O3/c1-13(22(2)12-14-3-5-15(20)6-4-14)19(23)21-16-7-8-17-18(11-16)25-10-9-24-17/h3-8,11,13H,9-10,12H2,1-2H3,(H,21,23). The monoisotopic (exact) mass is 344 g/mol. The van der Waals surface area contributed by atoms with Crippen molar-refractivity contribution in [1.82, 2.24) is 4.90 Å². The zero-order chi connectivity index (χ0) is 17.8. The molecule has 2 aromatic carbocycles. The first-order valence-electron chi connectivity index (χ1n) is 8.18. The van der Waals surface area contributed by atoms with Gasteiger partial charge in [0.2, 0.25) is 5.91 Å². The Morgan fingerprint density at radius 2 is 1.84 bits per heavy atom. The number of carbonyl (C=O) groups is 1. The largest absolute Gasteiger partial charge is 0.486 e. The van der Waals surface area contributed by atoms with E-state index in [1.54, 1.807) is 30.3 Å². The summed E-state index contributed by atoms with van der Waals surface area (Å²) in [5.74, 6) is 0.930. The smallest absolute Gasteiger partial charge is 0.241 e. The van der Waals surface area contributed by atoms with E-state index < -0.39 is 0 Å². The van der Waals surface area contributed by atoms with E-state index in [0.29, 0.717) is 36.9 Å². The molecule has 1 aliphatic rings. The number of hydrogen-bond donors (Lipinski definition) is 1. The number of nitrogens with one attached hydrogen (secondary N) is 1. The Bertz CT molecular complexity index is 749. The highest BCUT2D eigenvalue weighted by Crippen LogP contribution is 2.32. The fourth-order valence-electron chi connectivity index (χ4n) is 2.58. The lowest BCUT2D eigenvalue weighted by Crippen LogP contribution is -2.39. The zero-order valence-corrected chi connectivity index (χ0v) is 14.3. The van der Waals surface area contributed by atoms with E-state index in [2.05, 4.69) is 5.32 Å². The SMILES string of the molecule is CC(C(=O)Nc1ccc2c(c1)OCCO2)N(C)Cc1ccc(F)cc1. The van der Waals surface area contributed by atoms with Crippen LogP contribution < -0.4 is 14.8 Å². The van der Waals surface area contributed by atoms with Gasteiger partial charge in [-0.05, 0) is 43.8 Å². The van der Waals surface area contributed by atoms with Crippen molar-refractivity contribution in [2.75, 3.05) is 25.6 Å². The van der Waals surface area contributed by atoms with Crippen LogP contribution in [0.1, 0.15) is 12.5 Å². The van der Waals surface area contributed by atoms with Crippen LogP contribution in [-0.2, 0) is 11.3 Å². The fraction of sp³-hybridized carbons (Fsp3) is 0.316. The first-order valence-corrected chi connectivity index (χ1v) is 8.18. The summed E-state index contributed by atoms with van der Waals surface area (Å²) in [6, 6.07) is 11.3. The number of halogens is 1. The van der Waals surface area contributed by atoms with Crippen LogP contribution in [0, 0.1) is 5.82 Å². The molecule has 1 atom stereocenters. The Morgan fingerprint density at radius 3 is 2.56 bits per heavy atom. The third-order valence-electron chi connectivity index (χ3n) is 4.20. The first-order chi connectivity index (χ1) is 12.0. The average Bonchev–Trinajstić information content (AvgIpc) is 2.62. The van der Waals surface area contributed by atoms with Gasteiger partial charge in [-0.25, -0.2) is 4.39 Å². The van der Waals surface area contributed by atoms with Crippen LogP contribution in [0.5, 0.6) is 11.5 Å². The maximum atomic E-state index is 13.0. The van der Waals surface area contributed by atoms with E-state index in [-0.39, 0.29) is 17.8 Å². The number of anilines is 1. The number of ether oxygens (including phenoxy) is 2. The number of fused-ring (bicyclic) bond motifs is 1.